The van der Waals surface area contributed by atoms with Crippen molar-refractivity contribution in [3.05, 3.63) is 48.6 Å². The van der Waals surface area contributed by atoms with E-state index in [1.165, 1.54) is 0 Å². The minimum Gasteiger partial charge on any atom is -0.335 e. The Morgan fingerprint density at radius 3 is 2.64 bits per heavy atom. The van der Waals surface area contributed by atoms with E-state index in [2.05, 4.69) is 17.2 Å². The Bertz CT molecular complexity index is 621. The zero-order valence-corrected chi connectivity index (χ0v) is 14.7. The summed E-state index contributed by atoms with van der Waals surface area (Å²) >= 11 is 0. The van der Waals surface area contributed by atoms with Crippen LogP contribution in [0.1, 0.15) is 44.1 Å². The molecule has 2 N–H and O–H groups in total. The van der Waals surface area contributed by atoms with Crippen molar-refractivity contribution in [2.45, 2.75) is 56.7 Å². The first-order valence-corrected chi connectivity index (χ1v) is 9.13. The van der Waals surface area contributed by atoms with Crippen molar-refractivity contribution in [2.75, 3.05) is 6.54 Å². The van der Waals surface area contributed by atoms with Crippen LogP contribution in [0.3, 0.4) is 0 Å². The fourth-order valence-electron chi connectivity index (χ4n) is 4.13. The third-order valence-corrected chi connectivity index (χ3v) is 5.54. The largest absolute Gasteiger partial charge is 0.335 e. The highest BCUT2D eigenvalue weighted by Crippen LogP contribution is 2.42. The van der Waals surface area contributed by atoms with Crippen LogP contribution in [0.4, 0.5) is 4.79 Å². The monoisotopic (exact) mass is 341 g/mol. The third-order valence-electron chi connectivity index (χ3n) is 5.54. The topological polar surface area (TPSA) is 61.4 Å². The van der Waals surface area contributed by atoms with Gasteiger partial charge < -0.3 is 15.5 Å². The Morgan fingerprint density at radius 2 is 1.96 bits per heavy atom. The maximum Gasteiger partial charge on any atom is 0.315 e. The molecule has 2 aliphatic rings. The number of hydrogen-bond acceptors (Lipinski definition) is 2. The smallest absolute Gasteiger partial charge is 0.315 e. The van der Waals surface area contributed by atoms with Crippen LogP contribution in [-0.2, 0) is 11.3 Å². The average Bonchev–Trinajstić information content (AvgIpc) is 2.93. The van der Waals surface area contributed by atoms with Gasteiger partial charge in [0, 0.05) is 31.1 Å². The predicted octanol–water partition coefficient (Wildman–Crippen LogP) is 2.98. The van der Waals surface area contributed by atoms with Crippen molar-refractivity contribution < 1.29 is 9.59 Å². The number of likely N-dealkylation sites (tertiary alicyclic amines) is 1. The number of nitrogens with one attached hydrogen (secondary N) is 2. The van der Waals surface area contributed by atoms with Gasteiger partial charge in [-0.25, -0.2) is 4.79 Å². The van der Waals surface area contributed by atoms with Gasteiger partial charge in [0.25, 0.3) is 0 Å². The Morgan fingerprint density at radius 1 is 1.24 bits per heavy atom. The fourth-order valence-corrected chi connectivity index (χ4v) is 4.13. The highest BCUT2D eigenvalue weighted by Gasteiger charge is 2.46. The molecule has 3 amide bonds. The predicted molar refractivity (Wildman–Crippen MR) is 97.9 cm³/mol. The second-order valence-electron chi connectivity index (χ2n) is 7.10. The molecule has 134 valence electrons. The molecular weight excluding hydrogens is 314 g/mol. The van der Waals surface area contributed by atoms with Crippen LogP contribution in [0.25, 0.3) is 0 Å². The number of hydrogen-bond donors (Lipinski definition) is 2. The van der Waals surface area contributed by atoms with Crippen LogP contribution in [0.15, 0.2) is 43.0 Å². The minimum atomic E-state index is -0.116. The molecule has 1 heterocycles. The summed E-state index contributed by atoms with van der Waals surface area (Å²) < 4.78 is 0. The molecule has 0 unspecified atom stereocenters. The highest BCUT2D eigenvalue weighted by molar-refractivity contribution is 5.80. The summed E-state index contributed by atoms with van der Waals surface area (Å²) in [5, 5.41) is 6.00. The Labute approximate surface area is 149 Å². The van der Waals surface area contributed by atoms with E-state index in [9.17, 15) is 9.59 Å². The highest BCUT2D eigenvalue weighted by atomic mass is 16.2. The number of rotatable bonds is 5. The van der Waals surface area contributed by atoms with E-state index in [0.717, 1.165) is 37.7 Å². The maximum atomic E-state index is 12.1. The zero-order chi connectivity index (χ0) is 17.7. The van der Waals surface area contributed by atoms with E-state index in [4.69, 9.17) is 0 Å². The van der Waals surface area contributed by atoms with E-state index in [1.807, 2.05) is 41.3 Å². The van der Waals surface area contributed by atoms with Crippen LogP contribution in [0, 0.1) is 0 Å². The standard InChI is InChI=1S/C20H27N3O2/c1-2-14-23-18(24)10-13-20(23)11-8-17(9-12-20)22-19(25)21-15-16-6-4-3-5-7-16/h2-7,17H,1,8-15H2,(H2,21,22,25). The molecule has 1 saturated carbocycles. The quantitative estimate of drug-likeness (QED) is 0.809. The lowest BCUT2D eigenvalue weighted by Gasteiger charge is -2.43. The summed E-state index contributed by atoms with van der Waals surface area (Å²) in [7, 11) is 0. The molecule has 25 heavy (non-hydrogen) atoms. The van der Waals surface area contributed by atoms with Gasteiger partial charge in [0.1, 0.15) is 0 Å². The molecule has 1 spiro atoms. The van der Waals surface area contributed by atoms with Crippen LogP contribution >= 0.6 is 0 Å². The zero-order valence-electron chi connectivity index (χ0n) is 14.7. The summed E-state index contributed by atoms with van der Waals surface area (Å²) in [6.45, 7) is 4.94. The normalized spacial score (nSPS) is 25.8. The van der Waals surface area contributed by atoms with E-state index in [1.54, 1.807) is 0 Å². The molecule has 0 bridgehead atoms. The van der Waals surface area contributed by atoms with Crippen molar-refractivity contribution in [3.63, 3.8) is 0 Å². The lowest BCUT2D eigenvalue weighted by Crippen LogP contribution is -2.52. The van der Waals surface area contributed by atoms with Gasteiger partial charge in [-0.05, 0) is 37.7 Å². The number of carbonyl (C=O) groups excluding carboxylic acids is 2. The third kappa shape index (κ3) is 4.03. The van der Waals surface area contributed by atoms with Gasteiger partial charge in [0.2, 0.25) is 5.91 Å². The lowest BCUT2D eigenvalue weighted by molar-refractivity contribution is -0.131. The lowest BCUT2D eigenvalue weighted by atomic mass is 9.77. The molecule has 2 fully saturated rings. The number of amides is 3. The SMILES string of the molecule is C=CCN1C(=O)CCC12CCC(NC(=O)NCc1ccccc1)CC2. The number of benzene rings is 1. The molecular formula is C20H27N3O2. The number of urea groups is 1. The van der Waals surface area contributed by atoms with Gasteiger partial charge in [-0.1, -0.05) is 36.4 Å². The van der Waals surface area contributed by atoms with Crippen LogP contribution in [0.2, 0.25) is 0 Å². The van der Waals surface area contributed by atoms with Crippen molar-refractivity contribution in [1.29, 1.82) is 0 Å². The van der Waals surface area contributed by atoms with Crippen molar-refractivity contribution >= 4 is 11.9 Å². The summed E-state index contributed by atoms with van der Waals surface area (Å²) in [6.07, 6.45) is 7.13. The summed E-state index contributed by atoms with van der Waals surface area (Å²) in [4.78, 5) is 26.2. The van der Waals surface area contributed by atoms with Gasteiger partial charge in [-0.3, -0.25) is 4.79 Å². The first-order valence-electron chi connectivity index (χ1n) is 9.13. The van der Waals surface area contributed by atoms with Gasteiger partial charge >= 0.3 is 6.03 Å². The van der Waals surface area contributed by atoms with Crippen molar-refractivity contribution in [3.8, 4) is 0 Å². The van der Waals surface area contributed by atoms with Crippen molar-refractivity contribution in [2.24, 2.45) is 0 Å². The molecule has 0 atom stereocenters. The van der Waals surface area contributed by atoms with Crippen LogP contribution in [-0.4, -0.2) is 35.0 Å². The first kappa shape index (κ1) is 17.5. The Kier molecular flexibility index (Phi) is 5.41. The fraction of sp³-hybridized carbons (Fsp3) is 0.500. The van der Waals surface area contributed by atoms with E-state index in [0.29, 0.717) is 19.5 Å². The van der Waals surface area contributed by atoms with Crippen LogP contribution < -0.4 is 10.6 Å². The Hall–Kier alpha value is -2.30. The minimum absolute atomic E-state index is 0.00995. The second-order valence-corrected chi connectivity index (χ2v) is 7.10. The molecule has 1 aromatic carbocycles. The molecule has 0 aromatic heterocycles. The maximum absolute atomic E-state index is 12.1. The first-order chi connectivity index (χ1) is 12.1. The molecule has 1 aliphatic carbocycles. The average molecular weight is 341 g/mol. The van der Waals surface area contributed by atoms with Gasteiger partial charge in [0.15, 0.2) is 0 Å². The second kappa shape index (κ2) is 7.72. The Balaban J connectivity index is 1.47. The molecule has 0 radical (unpaired) electrons. The number of carbonyl (C=O) groups is 2. The molecule has 1 aromatic rings. The van der Waals surface area contributed by atoms with E-state index < -0.39 is 0 Å². The molecule has 5 heteroatoms. The molecule has 3 rings (SSSR count). The van der Waals surface area contributed by atoms with Gasteiger partial charge in [-0.2, -0.15) is 0 Å². The molecule has 5 nitrogen and oxygen atoms in total. The summed E-state index contributed by atoms with van der Waals surface area (Å²) in [5.41, 5.74) is 1.08. The molecule has 1 saturated heterocycles. The van der Waals surface area contributed by atoms with E-state index >= 15 is 0 Å². The van der Waals surface area contributed by atoms with Crippen molar-refractivity contribution in [1.82, 2.24) is 15.5 Å². The summed E-state index contributed by atoms with van der Waals surface area (Å²) in [6, 6.07) is 9.95. The van der Waals surface area contributed by atoms with Crippen LogP contribution in [0.5, 0.6) is 0 Å². The summed E-state index contributed by atoms with van der Waals surface area (Å²) in [5.74, 6) is 0.243. The number of nitrogens with zero attached hydrogens (tertiary/aromatic N) is 1. The van der Waals surface area contributed by atoms with E-state index in [-0.39, 0.29) is 23.5 Å². The van der Waals surface area contributed by atoms with Gasteiger partial charge in [0.05, 0.1) is 0 Å². The molecule has 1 aliphatic heterocycles. The van der Waals surface area contributed by atoms with Gasteiger partial charge in [-0.15, -0.1) is 6.58 Å².